The summed E-state index contributed by atoms with van der Waals surface area (Å²) in [4.78, 5) is 11.7. The number of thiol groups is 1. The van der Waals surface area contributed by atoms with E-state index >= 15 is 0 Å². The number of halogens is 1. The van der Waals surface area contributed by atoms with Gasteiger partial charge in [-0.15, -0.1) is 12.6 Å². The molecule has 0 unspecified atom stereocenters. The fourth-order valence-electron chi connectivity index (χ4n) is 1.02. The minimum atomic E-state index is 0.185. The van der Waals surface area contributed by atoms with Crippen LogP contribution >= 0.6 is 35.2 Å². The van der Waals surface area contributed by atoms with Crippen LogP contribution in [0.2, 0.25) is 0 Å². The molecule has 0 aliphatic heterocycles. The lowest BCUT2D eigenvalue weighted by atomic mass is 10.1. The second-order valence-electron chi connectivity index (χ2n) is 2.70. The molecule has 0 aromatic heterocycles. The molecule has 0 aliphatic rings. The lowest BCUT2D eigenvalue weighted by molar-refractivity contribution is -0.116. The Kier molecular flexibility index (Phi) is 3.58. The van der Waals surface area contributed by atoms with Crippen molar-refractivity contribution >= 4 is 41.0 Å². The van der Waals surface area contributed by atoms with Gasteiger partial charge in [-0.1, -0.05) is 0 Å². The maximum atomic E-state index is 10.8. The van der Waals surface area contributed by atoms with E-state index in [1.807, 2.05) is 18.2 Å². The predicted molar refractivity (Wildman–Crippen MR) is 60.8 cm³/mol. The van der Waals surface area contributed by atoms with Gasteiger partial charge in [-0.3, -0.25) is 4.79 Å². The van der Waals surface area contributed by atoms with E-state index in [1.165, 1.54) is 0 Å². The highest BCUT2D eigenvalue weighted by atomic mass is 127. The van der Waals surface area contributed by atoms with E-state index < -0.39 is 0 Å². The van der Waals surface area contributed by atoms with Crippen molar-refractivity contribution in [3.8, 4) is 0 Å². The van der Waals surface area contributed by atoms with Crippen LogP contribution < -0.4 is 0 Å². The van der Waals surface area contributed by atoms with Crippen molar-refractivity contribution in [2.45, 2.75) is 18.2 Å². The third-order valence-corrected chi connectivity index (χ3v) is 2.28. The van der Waals surface area contributed by atoms with Crippen LogP contribution in [0.25, 0.3) is 0 Å². The second-order valence-corrected chi connectivity index (χ2v) is 4.46. The van der Waals surface area contributed by atoms with Crippen LogP contribution in [0.4, 0.5) is 0 Å². The SMILES string of the molecule is CC(=O)Cc1cc(S)cc(I)c1. The molecule has 0 atom stereocenters. The van der Waals surface area contributed by atoms with Crippen molar-refractivity contribution in [1.82, 2.24) is 0 Å². The summed E-state index contributed by atoms with van der Waals surface area (Å²) in [5, 5.41) is 0. The fourth-order valence-corrected chi connectivity index (χ4v) is 2.31. The molecule has 1 rings (SSSR count). The number of hydrogen-bond acceptors (Lipinski definition) is 2. The third kappa shape index (κ3) is 3.15. The Bertz CT molecular complexity index is 289. The first-order valence-corrected chi connectivity index (χ1v) is 5.08. The maximum Gasteiger partial charge on any atom is 0.134 e. The van der Waals surface area contributed by atoms with E-state index in [0.29, 0.717) is 6.42 Å². The lowest BCUT2D eigenvalue weighted by Crippen LogP contribution is -1.96. The summed E-state index contributed by atoms with van der Waals surface area (Å²) in [6.45, 7) is 1.60. The highest BCUT2D eigenvalue weighted by Gasteiger charge is 1.99. The van der Waals surface area contributed by atoms with Gasteiger partial charge in [0.1, 0.15) is 5.78 Å². The van der Waals surface area contributed by atoms with Crippen LogP contribution in [0.3, 0.4) is 0 Å². The first-order chi connectivity index (χ1) is 5.58. The molecule has 1 aromatic carbocycles. The van der Waals surface area contributed by atoms with Gasteiger partial charge >= 0.3 is 0 Å². The molecule has 0 spiro atoms. The molecule has 0 N–H and O–H groups in total. The lowest BCUT2D eigenvalue weighted by Gasteiger charge is -2.00. The quantitative estimate of drug-likeness (QED) is 0.655. The Morgan fingerprint density at radius 3 is 2.67 bits per heavy atom. The van der Waals surface area contributed by atoms with E-state index in [1.54, 1.807) is 6.92 Å². The molecule has 12 heavy (non-hydrogen) atoms. The van der Waals surface area contributed by atoms with E-state index in [9.17, 15) is 4.79 Å². The van der Waals surface area contributed by atoms with Crippen molar-refractivity contribution in [3.05, 3.63) is 27.3 Å². The molecule has 3 heteroatoms. The normalized spacial score (nSPS) is 9.92. The number of rotatable bonds is 2. The Morgan fingerprint density at radius 1 is 1.50 bits per heavy atom. The average molecular weight is 292 g/mol. The van der Waals surface area contributed by atoms with Crippen molar-refractivity contribution in [3.63, 3.8) is 0 Å². The molecule has 64 valence electrons. The van der Waals surface area contributed by atoms with Gasteiger partial charge < -0.3 is 0 Å². The van der Waals surface area contributed by atoms with Crippen LogP contribution in [0, 0.1) is 3.57 Å². The summed E-state index contributed by atoms with van der Waals surface area (Å²) in [6, 6.07) is 5.89. The van der Waals surface area contributed by atoms with E-state index in [-0.39, 0.29) is 5.78 Å². The molecular weight excluding hydrogens is 283 g/mol. The number of benzene rings is 1. The Labute approximate surface area is 91.1 Å². The minimum absolute atomic E-state index is 0.185. The molecule has 0 fully saturated rings. The van der Waals surface area contributed by atoms with Gasteiger partial charge in [-0.25, -0.2) is 0 Å². The van der Waals surface area contributed by atoms with Crippen molar-refractivity contribution in [1.29, 1.82) is 0 Å². The molecule has 0 bridgehead atoms. The number of Topliss-reactive ketones (excluding diaryl/α,β-unsaturated/α-hetero) is 1. The van der Waals surface area contributed by atoms with Gasteiger partial charge in [-0.2, -0.15) is 0 Å². The minimum Gasteiger partial charge on any atom is -0.300 e. The molecule has 1 aromatic rings. The smallest absolute Gasteiger partial charge is 0.134 e. The standard InChI is InChI=1S/C9H9IOS/c1-6(11)2-7-3-8(10)5-9(12)4-7/h3-5,12H,2H2,1H3. The van der Waals surface area contributed by atoms with Crippen LogP contribution in [0.1, 0.15) is 12.5 Å². The molecule has 0 saturated carbocycles. The fraction of sp³-hybridized carbons (Fsp3) is 0.222. The summed E-state index contributed by atoms with van der Waals surface area (Å²) in [6.07, 6.45) is 0.504. The van der Waals surface area contributed by atoms with E-state index in [2.05, 4.69) is 35.2 Å². The third-order valence-electron chi connectivity index (χ3n) is 1.40. The Balaban J connectivity index is 2.93. The zero-order valence-electron chi connectivity index (χ0n) is 6.67. The number of ketones is 1. The van der Waals surface area contributed by atoms with Gasteiger partial charge in [0, 0.05) is 14.9 Å². The molecular formula is C9H9IOS. The van der Waals surface area contributed by atoms with Gasteiger partial charge in [0.25, 0.3) is 0 Å². The summed E-state index contributed by atoms with van der Waals surface area (Å²) in [5.74, 6) is 0.185. The van der Waals surface area contributed by atoms with Crippen LogP contribution in [-0.4, -0.2) is 5.78 Å². The number of carbonyl (C=O) groups is 1. The van der Waals surface area contributed by atoms with Crippen molar-refractivity contribution < 1.29 is 4.79 Å². The molecule has 0 amide bonds. The van der Waals surface area contributed by atoms with Crippen LogP contribution in [0.5, 0.6) is 0 Å². The van der Waals surface area contributed by atoms with Crippen molar-refractivity contribution in [2.24, 2.45) is 0 Å². The molecule has 0 saturated heterocycles. The van der Waals surface area contributed by atoms with E-state index in [0.717, 1.165) is 14.0 Å². The monoisotopic (exact) mass is 292 g/mol. The van der Waals surface area contributed by atoms with Crippen LogP contribution in [-0.2, 0) is 11.2 Å². The highest BCUT2D eigenvalue weighted by molar-refractivity contribution is 14.1. The molecule has 0 aliphatic carbocycles. The zero-order valence-corrected chi connectivity index (χ0v) is 9.72. The largest absolute Gasteiger partial charge is 0.300 e. The summed E-state index contributed by atoms with van der Waals surface area (Å²) in [5.41, 5.74) is 1.04. The summed E-state index contributed by atoms with van der Waals surface area (Å²) >= 11 is 6.45. The zero-order chi connectivity index (χ0) is 9.14. The van der Waals surface area contributed by atoms with Gasteiger partial charge in [0.15, 0.2) is 0 Å². The van der Waals surface area contributed by atoms with Gasteiger partial charge in [0.2, 0.25) is 0 Å². The average Bonchev–Trinajstić information content (AvgIpc) is 1.81. The topological polar surface area (TPSA) is 17.1 Å². The first kappa shape index (κ1) is 10.1. The maximum absolute atomic E-state index is 10.8. The molecule has 1 nitrogen and oxygen atoms in total. The Morgan fingerprint density at radius 2 is 2.17 bits per heavy atom. The van der Waals surface area contributed by atoms with Crippen molar-refractivity contribution in [2.75, 3.05) is 0 Å². The van der Waals surface area contributed by atoms with Gasteiger partial charge in [-0.05, 0) is 53.3 Å². The van der Waals surface area contributed by atoms with Gasteiger partial charge in [0.05, 0.1) is 0 Å². The molecule has 0 radical (unpaired) electrons. The predicted octanol–water partition coefficient (Wildman–Crippen LogP) is 2.71. The second kappa shape index (κ2) is 4.28. The summed E-state index contributed by atoms with van der Waals surface area (Å²) in [7, 11) is 0. The number of hydrogen-bond donors (Lipinski definition) is 1. The number of carbonyl (C=O) groups excluding carboxylic acids is 1. The first-order valence-electron chi connectivity index (χ1n) is 3.56. The molecule has 0 heterocycles. The highest BCUT2D eigenvalue weighted by Crippen LogP contribution is 2.15. The Hall–Kier alpha value is -0.0300. The van der Waals surface area contributed by atoms with Crippen LogP contribution in [0.15, 0.2) is 23.1 Å². The van der Waals surface area contributed by atoms with E-state index in [4.69, 9.17) is 0 Å². The summed E-state index contributed by atoms with van der Waals surface area (Å²) < 4.78 is 1.12.